The van der Waals surface area contributed by atoms with Crippen LogP contribution in [0.5, 0.6) is 0 Å². The number of piperidine rings is 1. The molecule has 2 atom stereocenters. The zero-order valence-electron chi connectivity index (χ0n) is 15.6. The smallest absolute Gasteiger partial charge is 0.240 e. The molecule has 2 aromatic carbocycles. The van der Waals surface area contributed by atoms with Crippen molar-refractivity contribution in [1.29, 1.82) is 0 Å². The third-order valence-corrected chi connectivity index (χ3v) is 6.33. The van der Waals surface area contributed by atoms with Gasteiger partial charge < -0.3 is 10.6 Å². The Morgan fingerprint density at radius 3 is 2.44 bits per heavy atom. The molecule has 0 saturated carbocycles. The first-order valence-electron chi connectivity index (χ1n) is 8.89. The highest BCUT2D eigenvalue weighted by molar-refractivity contribution is 8.00. The van der Waals surface area contributed by atoms with Gasteiger partial charge >= 0.3 is 0 Å². The van der Waals surface area contributed by atoms with Gasteiger partial charge in [-0.25, -0.2) is 4.39 Å². The van der Waals surface area contributed by atoms with Gasteiger partial charge in [0.05, 0.1) is 0 Å². The van der Waals surface area contributed by atoms with Gasteiger partial charge in [-0.1, -0.05) is 56.3 Å². The van der Waals surface area contributed by atoms with Crippen LogP contribution < -0.4 is 5.73 Å². The summed E-state index contributed by atoms with van der Waals surface area (Å²) in [5.41, 5.74) is 6.97. The van der Waals surface area contributed by atoms with Gasteiger partial charge in [0, 0.05) is 24.0 Å². The van der Waals surface area contributed by atoms with Crippen LogP contribution in [0.25, 0.3) is 0 Å². The molecule has 0 spiro atoms. The molecule has 6 heteroatoms. The van der Waals surface area contributed by atoms with Crippen molar-refractivity contribution >= 4 is 30.1 Å². The summed E-state index contributed by atoms with van der Waals surface area (Å²) in [4.78, 5) is 15.7. The minimum absolute atomic E-state index is 0. The van der Waals surface area contributed by atoms with E-state index in [1.807, 2.05) is 35.2 Å². The normalized spacial score (nSPS) is 19.9. The molecule has 0 radical (unpaired) electrons. The van der Waals surface area contributed by atoms with Crippen LogP contribution in [0.3, 0.4) is 0 Å². The van der Waals surface area contributed by atoms with Crippen LogP contribution in [-0.4, -0.2) is 29.9 Å². The van der Waals surface area contributed by atoms with Crippen LogP contribution in [0.1, 0.15) is 31.1 Å². The van der Waals surface area contributed by atoms with Crippen molar-refractivity contribution in [2.45, 2.75) is 36.5 Å². The van der Waals surface area contributed by atoms with Crippen molar-refractivity contribution in [3.63, 3.8) is 0 Å². The van der Waals surface area contributed by atoms with E-state index in [4.69, 9.17) is 5.73 Å². The summed E-state index contributed by atoms with van der Waals surface area (Å²) in [7, 11) is 0. The van der Waals surface area contributed by atoms with Gasteiger partial charge in [-0.2, -0.15) is 0 Å². The first-order chi connectivity index (χ1) is 12.4. The molecule has 1 amide bonds. The third-order valence-electron chi connectivity index (χ3n) is 5.03. The van der Waals surface area contributed by atoms with E-state index in [2.05, 4.69) is 13.8 Å². The second-order valence-corrected chi connectivity index (χ2v) is 8.63. The van der Waals surface area contributed by atoms with Crippen LogP contribution in [-0.2, 0) is 4.79 Å². The Morgan fingerprint density at radius 1 is 1.19 bits per heavy atom. The number of benzene rings is 2. The van der Waals surface area contributed by atoms with E-state index in [1.165, 1.54) is 17.8 Å². The molecule has 1 aliphatic heterocycles. The highest BCUT2D eigenvalue weighted by atomic mass is 35.5. The number of hydrogen-bond acceptors (Lipinski definition) is 3. The number of carbonyl (C=O) groups excluding carboxylic acids is 1. The monoisotopic (exact) mass is 408 g/mol. The summed E-state index contributed by atoms with van der Waals surface area (Å²) in [6.07, 6.45) is 0.782. The minimum Gasteiger partial charge on any atom is -0.341 e. The zero-order valence-corrected chi connectivity index (χ0v) is 17.2. The van der Waals surface area contributed by atoms with Gasteiger partial charge in [0.15, 0.2) is 0 Å². The van der Waals surface area contributed by atoms with Crippen molar-refractivity contribution in [2.75, 3.05) is 13.1 Å². The van der Waals surface area contributed by atoms with Crippen molar-refractivity contribution in [2.24, 2.45) is 11.1 Å². The molecule has 146 valence electrons. The predicted molar refractivity (Wildman–Crippen MR) is 112 cm³/mol. The lowest BCUT2D eigenvalue weighted by molar-refractivity contribution is -0.134. The third kappa shape index (κ3) is 5.03. The topological polar surface area (TPSA) is 46.3 Å². The molecule has 2 unspecified atom stereocenters. The number of nitrogens with zero attached hydrogens (tertiary/aromatic N) is 1. The molecule has 2 N–H and O–H groups in total. The van der Waals surface area contributed by atoms with Crippen LogP contribution in [0.15, 0.2) is 59.5 Å². The first kappa shape index (κ1) is 21.7. The maximum absolute atomic E-state index is 14.2. The van der Waals surface area contributed by atoms with E-state index in [9.17, 15) is 9.18 Å². The molecule has 1 saturated heterocycles. The van der Waals surface area contributed by atoms with Crippen LogP contribution in [0, 0.1) is 11.2 Å². The number of nitrogens with two attached hydrogens (primary N) is 1. The van der Waals surface area contributed by atoms with E-state index in [0.29, 0.717) is 18.0 Å². The predicted octanol–water partition coefficient (Wildman–Crippen LogP) is 4.67. The molecule has 0 aromatic heterocycles. The largest absolute Gasteiger partial charge is 0.341 e. The first-order valence-corrected chi connectivity index (χ1v) is 9.77. The van der Waals surface area contributed by atoms with E-state index >= 15 is 0 Å². The van der Waals surface area contributed by atoms with Crippen molar-refractivity contribution in [3.05, 3.63) is 66.0 Å². The van der Waals surface area contributed by atoms with E-state index in [-0.39, 0.29) is 35.6 Å². The van der Waals surface area contributed by atoms with Crippen molar-refractivity contribution < 1.29 is 9.18 Å². The number of thioether (sulfide) groups is 1. The SMILES string of the molecule is CC1(C)CN(C(=O)C(Sc2ccccc2F)c2ccccc2)CCC1N.Cl. The lowest BCUT2D eigenvalue weighted by atomic mass is 9.79. The van der Waals surface area contributed by atoms with E-state index in [1.54, 1.807) is 18.2 Å². The molecule has 1 fully saturated rings. The molecule has 2 aromatic rings. The summed E-state index contributed by atoms with van der Waals surface area (Å²) in [5.74, 6) is -0.281. The Bertz CT molecular complexity index is 772. The number of halogens is 2. The second-order valence-electron chi connectivity index (χ2n) is 7.48. The van der Waals surface area contributed by atoms with Gasteiger partial charge in [-0.3, -0.25) is 4.79 Å². The maximum Gasteiger partial charge on any atom is 0.240 e. The molecule has 1 aliphatic rings. The van der Waals surface area contributed by atoms with Gasteiger partial charge in [-0.05, 0) is 29.5 Å². The van der Waals surface area contributed by atoms with Gasteiger partial charge in [-0.15, -0.1) is 24.2 Å². The fourth-order valence-corrected chi connectivity index (χ4v) is 4.42. The maximum atomic E-state index is 14.2. The van der Waals surface area contributed by atoms with Crippen LogP contribution >= 0.6 is 24.2 Å². The second kappa shape index (κ2) is 9.09. The average molecular weight is 409 g/mol. The number of amides is 1. The Balaban J connectivity index is 0.00000261. The molecule has 27 heavy (non-hydrogen) atoms. The lowest BCUT2D eigenvalue weighted by Gasteiger charge is -2.43. The highest BCUT2D eigenvalue weighted by Gasteiger charge is 2.38. The Labute approximate surface area is 170 Å². The van der Waals surface area contributed by atoms with Crippen LogP contribution in [0.4, 0.5) is 4.39 Å². The number of likely N-dealkylation sites (tertiary alicyclic amines) is 1. The van der Waals surface area contributed by atoms with Gasteiger partial charge in [0.1, 0.15) is 11.1 Å². The Kier molecular flexibility index (Phi) is 7.32. The minimum atomic E-state index is -0.474. The van der Waals surface area contributed by atoms with Gasteiger partial charge in [0.2, 0.25) is 5.91 Å². The molecule has 3 rings (SSSR count). The Morgan fingerprint density at radius 2 is 1.81 bits per heavy atom. The zero-order chi connectivity index (χ0) is 18.7. The standard InChI is InChI=1S/C21H25FN2OS.ClH/c1-21(2)14-24(13-12-18(21)23)20(25)19(15-8-4-3-5-9-15)26-17-11-7-6-10-16(17)22;/h3-11,18-19H,12-14,23H2,1-2H3;1H. The summed E-state index contributed by atoms with van der Waals surface area (Å²) in [6, 6.07) is 16.3. The van der Waals surface area contributed by atoms with Crippen molar-refractivity contribution in [3.8, 4) is 0 Å². The van der Waals surface area contributed by atoms with Crippen molar-refractivity contribution in [1.82, 2.24) is 4.90 Å². The summed E-state index contributed by atoms with van der Waals surface area (Å²) >= 11 is 1.27. The number of carbonyl (C=O) groups is 1. The molecule has 0 bridgehead atoms. The molecular formula is C21H26ClFN2OS. The average Bonchev–Trinajstić information content (AvgIpc) is 2.63. The summed E-state index contributed by atoms with van der Waals surface area (Å²) in [6.45, 7) is 5.45. The van der Waals surface area contributed by atoms with E-state index < -0.39 is 5.25 Å². The van der Waals surface area contributed by atoms with E-state index in [0.717, 1.165) is 12.0 Å². The summed E-state index contributed by atoms with van der Waals surface area (Å²) < 4.78 is 14.2. The molecule has 3 nitrogen and oxygen atoms in total. The quantitative estimate of drug-likeness (QED) is 0.748. The fraction of sp³-hybridized carbons (Fsp3) is 0.381. The summed E-state index contributed by atoms with van der Waals surface area (Å²) in [5, 5.41) is -0.474. The molecular weight excluding hydrogens is 383 g/mol. The lowest BCUT2D eigenvalue weighted by Crippen LogP contribution is -2.54. The molecule has 0 aliphatic carbocycles. The van der Waals surface area contributed by atoms with Gasteiger partial charge in [0.25, 0.3) is 0 Å². The highest BCUT2D eigenvalue weighted by Crippen LogP contribution is 2.39. The number of rotatable bonds is 4. The van der Waals surface area contributed by atoms with Crippen LogP contribution in [0.2, 0.25) is 0 Å². The fourth-order valence-electron chi connectivity index (χ4n) is 3.28. The Hall–Kier alpha value is -1.56. The molecule has 1 heterocycles. The number of hydrogen-bond donors (Lipinski definition) is 1.